The van der Waals surface area contributed by atoms with Crippen LogP contribution in [0.25, 0.3) is 0 Å². The molecule has 4 heteroatoms. The normalized spacial score (nSPS) is 13.4. The molecule has 0 aliphatic heterocycles. The van der Waals surface area contributed by atoms with Gasteiger partial charge in [0.2, 0.25) is 0 Å². The van der Waals surface area contributed by atoms with Gasteiger partial charge in [-0.3, -0.25) is 4.79 Å². The fraction of sp³-hybridized carbons (Fsp3) is 0.929. The van der Waals surface area contributed by atoms with E-state index in [1.807, 2.05) is 13.1 Å². The highest BCUT2D eigenvalue weighted by Crippen LogP contribution is 2.32. The van der Waals surface area contributed by atoms with Crippen LogP contribution in [0.5, 0.6) is 0 Å². The molecule has 0 saturated carbocycles. The number of rotatable bonds is 10. The molecule has 0 bridgehead atoms. The van der Waals surface area contributed by atoms with Crippen LogP contribution in [0.3, 0.4) is 0 Å². The standard InChI is InChI=1S/C14H29ClO2Si/c1-5-6-7-8-9-10-11-12-13(14(16)17-2)18(3,4)15/h13H,5-12H2,1-4H3. The first kappa shape index (κ1) is 18.0. The van der Waals surface area contributed by atoms with E-state index < -0.39 is 7.38 Å². The van der Waals surface area contributed by atoms with Crippen molar-refractivity contribution in [3.05, 3.63) is 0 Å². The molecule has 108 valence electrons. The molecule has 1 unspecified atom stereocenters. The van der Waals surface area contributed by atoms with E-state index in [1.165, 1.54) is 45.6 Å². The Morgan fingerprint density at radius 1 is 1.11 bits per heavy atom. The Morgan fingerprint density at radius 3 is 2.06 bits per heavy atom. The van der Waals surface area contributed by atoms with Gasteiger partial charge in [0.05, 0.1) is 12.7 Å². The third-order valence-electron chi connectivity index (χ3n) is 3.41. The highest BCUT2D eigenvalue weighted by molar-refractivity contribution is 7.20. The Bertz CT molecular complexity index is 226. The summed E-state index contributed by atoms with van der Waals surface area (Å²) in [6.45, 7) is 6.28. The van der Waals surface area contributed by atoms with Crippen LogP contribution in [0.2, 0.25) is 18.6 Å². The molecule has 1 atom stereocenters. The summed E-state index contributed by atoms with van der Waals surface area (Å²) >= 11 is 6.39. The molecule has 18 heavy (non-hydrogen) atoms. The van der Waals surface area contributed by atoms with Crippen LogP contribution in [-0.4, -0.2) is 20.5 Å². The molecule has 0 spiro atoms. The van der Waals surface area contributed by atoms with Crippen molar-refractivity contribution in [3.8, 4) is 0 Å². The zero-order valence-electron chi connectivity index (χ0n) is 12.4. The van der Waals surface area contributed by atoms with E-state index >= 15 is 0 Å². The van der Waals surface area contributed by atoms with Crippen LogP contribution in [0.1, 0.15) is 58.3 Å². The zero-order valence-corrected chi connectivity index (χ0v) is 14.2. The van der Waals surface area contributed by atoms with E-state index in [9.17, 15) is 4.79 Å². The van der Waals surface area contributed by atoms with Gasteiger partial charge in [-0.15, -0.1) is 0 Å². The summed E-state index contributed by atoms with van der Waals surface area (Å²) in [4.78, 5) is 11.7. The molecule has 0 heterocycles. The fourth-order valence-electron chi connectivity index (χ4n) is 2.19. The number of ether oxygens (including phenoxy) is 1. The third kappa shape index (κ3) is 8.14. The second-order valence-electron chi connectivity index (χ2n) is 5.55. The molecular weight excluding hydrogens is 264 g/mol. The van der Waals surface area contributed by atoms with Crippen LogP contribution in [0, 0.1) is 0 Å². The topological polar surface area (TPSA) is 26.3 Å². The van der Waals surface area contributed by atoms with Crippen LogP contribution in [0.4, 0.5) is 0 Å². The molecule has 2 nitrogen and oxygen atoms in total. The zero-order chi connectivity index (χ0) is 14.0. The number of carbonyl (C=O) groups excluding carboxylic acids is 1. The first-order valence-corrected chi connectivity index (χ1v) is 11.3. The summed E-state index contributed by atoms with van der Waals surface area (Å²) in [7, 11) is -0.499. The van der Waals surface area contributed by atoms with Gasteiger partial charge in [0.15, 0.2) is 7.38 Å². The van der Waals surface area contributed by atoms with E-state index in [1.54, 1.807) is 0 Å². The van der Waals surface area contributed by atoms with Crippen molar-refractivity contribution in [2.75, 3.05) is 7.11 Å². The summed E-state index contributed by atoms with van der Waals surface area (Å²) < 4.78 is 4.86. The van der Waals surface area contributed by atoms with Crippen molar-refractivity contribution in [3.63, 3.8) is 0 Å². The van der Waals surface area contributed by atoms with Crippen LogP contribution >= 0.6 is 11.1 Å². The van der Waals surface area contributed by atoms with E-state index in [4.69, 9.17) is 15.8 Å². The predicted molar refractivity (Wildman–Crippen MR) is 81.7 cm³/mol. The number of halogens is 1. The lowest BCUT2D eigenvalue weighted by molar-refractivity contribution is -0.140. The van der Waals surface area contributed by atoms with Gasteiger partial charge in [0, 0.05) is 0 Å². The van der Waals surface area contributed by atoms with Crippen molar-refractivity contribution in [2.45, 2.75) is 76.9 Å². The summed E-state index contributed by atoms with van der Waals surface area (Å²) in [6.07, 6.45) is 9.75. The number of unbranched alkanes of at least 4 members (excludes halogenated alkanes) is 6. The average Bonchev–Trinajstić information content (AvgIpc) is 2.30. The third-order valence-corrected chi connectivity index (χ3v) is 6.38. The van der Waals surface area contributed by atoms with Crippen molar-refractivity contribution in [1.29, 1.82) is 0 Å². The quantitative estimate of drug-likeness (QED) is 0.242. The number of hydrogen-bond donors (Lipinski definition) is 0. The van der Waals surface area contributed by atoms with Crippen molar-refractivity contribution in [2.24, 2.45) is 0 Å². The smallest absolute Gasteiger partial charge is 0.307 e. The molecule has 0 amide bonds. The molecule has 0 aliphatic carbocycles. The van der Waals surface area contributed by atoms with Gasteiger partial charge >= 0.3 is 5.97 Å². The fourth-order valence-corrected chi connectivity index (χ4v) is 4.35. The van der Waals surface area contributed by atoms with E-state index in [2.05, 4.69) is 6.92 Å². The molecule has 0 rings (SSSR count). The number of carbonyl (C=O) groups is 1. The Balaban J connectivity index is 3.81. The van der Waals surface area contributed by atoms with Gasteiger partial charge in [-0.25, -0.2) is 0 Å². The van der Waals surface area contributed by atoms with Gasteiger partial charge in [-0.1, -0.05) is 65.0 Å². The van der Waals surface area contributed by atoms with Gasteiger partial charge < -0.3 is 4.74 Å². The average molecular weight is 293 g/mol. The lowest BCUT2D eigenvalue weighted by Crippen LogP contribution is -2.32. The first-order valence-electron chi connectivity index (χ1n) is 7.20. The number of hydrogen-bond acceptors (Lipinski definition) is 2. The second kappa shape index (κ2) is 9.85. The van der Waals surface area contributed by atoms with Crippen LogP contribution < -0.4 is 0 Å². The summed E-state index contributed by atoms with van der Waals surface area (Å²) in [6, 6.07) is 0. The summed E-state index contributed by atoms with van der Waals surface area (Å²) in [5, 5.41) is 0. The van der Waals surface area contributed by atoms with E-state index in [0.29, 0.717) is 0 Å². The molecule has 0 aromatic carbocycles. The molecule has 0 saturated heterocycles. The predicted octanol–water partition coefficient (Wildman–Crippen LogP) is 5.11. The molecular formula is C14H29ClO2Si. The van der Waals surface area contributed by atoms with Gasteiger partial charge in [-0.05, 0) is 6.42 Å². The molecule has 0 N–H and O–H groups in total. The van der Waals surface area contributed by atoms with E-state index in [0.717, 1.165) is 12.8 Å². The largest absolute Gasteiger partial charge is 0.469 e. The first-order chi connectivity index (χ1) is 8.43. The lowest BCUT2D eigenvalue weighted by atomic mass is 10.1. The van der Waals surface area contributed by atoms with Gasteiger partial charge in [-0.2, -0.15) is 11.1 Å². The Hall–Kier alpha value is -0.0231. The van der Waals surface area contributed by atoms with Crippen molar-refractivity contribution >= 4 is 24.4 Å². The molecule has 0 fully saturated rings. The monoisotopic (exact) mass is 292 g/mol. The minimum Gasteiger partial charge on any atom is -0.469 e. The maximum atomic E-state index is 11.7. The number of esters is 1. The molecule has 0 aromatic heterocycles. The highest BCUT2D eigenvalue weighted by Gasteiger charge is 2.36. The number of methoxy groups -OCH3 is 1. The maximum Gasteiger partial charge on any atom is 0.307 e. The van der Waals surface area contributed by atoms with Crippen LogP contribution in [0.15, 0.2) is 0 Å². The molecule has 0 radical (unpaired) electrons. The minimum atomic E-state index is -1.95. The lowest BCUT2D eigenvalue weighted by Gasteiger charge is -2.23. The Labute approximate surface area is 118 Å². The van der Waals surface area contributed by atoms with Gasteiger partial charge in [0.1, 0.15) is 0 Å². The van der Waals surface area contributed by atoms with Crippen molar-refractivity contribution in [1.82, 2.24) is 0 Å². The molecule has 0 aromatic rings. The Kier molecular flexibility index (Phi) is 9.84. The van der Waals surface area contributed by atoms with Crippen molar-refractivity contribution < 1.29 is 9.53 Å². The summed E-state index contributed by atoms with van der Waals surface area (Å²) in [5.41, 5.74) is -0.0557. The van der Waals surface area contributed by atoms with Gasteiger partial charge in [0.25, 0.3) is 0 Å². The maximum absolute atomic E-state index is 11.7. The summed E-state index contributed by atoms with van der Waals surface area (Å²) in [5.74, 6) is -0.118. The Morgan fingerprint density at radius 2 is 1.61 bits per heavy atom. The van der Waals surface area contributed by atoms with E-state index in [-0.39, 0.29) is 11.5 Å². The van der Waals surface area contributed by atoms with Crippen LogP contribution in [-0.2, 0) is 9.53 Å². The molecule has 0 aliphatic rings. The highest BCUT2D eigenvalue weighted by atomic mass is 35.6. The second-order valence-corrected chi connectivity index (χ2v) is 12.3. The SMILES string of the molecule is CCCCCCCCCC(C(=O)OC)[Si](C)(C)Cl. The minimum absolute atomic E-state index is 0.0557.